The normalized spacial score (nSPS) is 19.0. The van der Waals surface area contributed by atoms with Crippen LogP contribution in [-0.2, 0) is 15.1 Å². The third-order valence-corrected chi connectivity index (χ3v) is 4.53. The lowest BCUT2D eigenvalue weighted by molar-refractivity contribution is -0.140. The predicted molar refractivity (Wildman–Crippen MR) is 98.9 cm³/mol. The molecule has 1 heterocycles. The Morgan fingerprint density at radius 2 is 1.93 bits per heavy atom. The van der Waals surface area contributed by atoms with E-state index in [2.05, 4.69) is 10.7 Å². The van der Waals surface area contributed by atoms with Crippen molar-refractivity contribution in [2.24, 2.45) is 0 Å². The Balaban J connectivity index is 1.69. The molecule has 27 heavy (non-hydrogen) atoms. The van der Waals surface area contributed by atoms with E-state index in [0.717, 1.165) is 0 Å². The summed E-state index contributed by atoms with van der Waals surface area (Å²) in [7, 11) is 0. The Hall–Kier alpha value is -3.06. The summed E-state index contributed by atoms with van der Waals surface area (Å²) in [6.07, 6.45) is 0.340. The third-order valence-electron chi connectivity index (χ3n) is 4.29. The van der Waals surface area contributed by atoms with E-state index >= 15 is 0 Å². The molecule has 1 atom stereocenters. The van der Waals surface area contributed by atoms with Crippen molar-refractivity contribution in [1.82, 2.24) is 15.8 Å². The fraction of sp³-hybridized carbons (Fsp3) is 0.211. The van der Waals surface area contributed by atoms with E-state index in [9.17, 15) is 14.4 Å². The second kappa shape index (κ2) is 7.67. The number of rotatable bonds is 6. The van der Waals surface area contributed by atoms with Crippen LogP contribution in [0.1, 0.15) is 18.9 Å². The number of nitrogens with one attached hydrogen (secondary N) is 2. The smallest absolute Gasteiger partial charge is 0.344 e. The van der Waals surface area contributed by atoms with Gasteiger partial charge in [0.15, 0.2) is 6.61 Å². The number of urea groups is 1. The zero-order valence-electron chi connectivity index (χ0n) is 14.6. The topological polar surface area (TPSA) is 87.7 Å². The van der Waals surface area contributed by atoms with Crippen LogP contribution in [0.2, 0.25) is 5.02 Å². The summed E-state index contributed by atoms with van der Waals surface area (Å²) in [5, 5.41) is 3.85. The van der Waals surface area contributed by atoms with Crippen LogP contribution in [-0.4, -0.2) is 29.5 Å². The zero-order valence-corrected chi connectivity index (χ0v) is 15.3. The molecule has 2 N–H and O–H groups in total. The number of halogens is 1. The highest BCUT2D eigenvalue weighted by Gasteiger charge is 2.52. The van der Waals surface area contributed by atoms with Crippen LogP contribution in [0, 0.1) is 0 Å². The fourth-order valence-corrected chi connectivity index (χ4v) is 3.08. The maximum atomic E-state index is 12.9. The number of carbonyl (C=O) groups is 3. The van der Waals surface area contributed by atoms with Crippen molar-refractivity contribution >= 4 is 29.4 Å². The molecular formula is C19H18ClN3O4. The number of hydrazine groups is 1. The second-order valence-corrected chi connectivity index (χ2v) is 6.41. The minimum Gasteiger partial charge on any atom is -0.484 e. The Kier molecular flexibility index (Phi) is 5.32. The number of ether oxygens (including phenoxy) is 1. The highest BCUT2D eigenvalue weighted by Crippen LogP contribution is 2.31. The van der Waals surface area contributed by atoms with Crippen LogP contribution in [0.25, 0.3) is 0 Å². The van der Waals surface area contributed by atoms with Gasteiger partial charge < -0.3 is 10.1 Å². The molecule has 0 aliphatic carbocycles. The third kappa shape index (κ3) is 3.73. The summed E-state index contributed by atoms with van der Waals surface area (Å²) in [6, 6.07) is 14.8. The van der Waals surface area contributed by atoms with Crippen LogP contribution in [0.4, 0.5) is 4.79 Å². The van der Waals surface area contributed by atoms with Crippen molar-refractivity contribution in [1.29, 1.82) is 0 Å². The molecule has 0 saturated carbocycles. The average molecular weight is 388 g/mol. The first-order valence-electron chi connectivity index (χ1n) is 8.36. The minimum atomic E-state index is -1.21. The quantitative estimate of drug-likeness (QED) is 0.746. The lowest BCUT2D eigenvalue weighted by atomic mass is 9.87. The molecule has 0 radical (unpaired) electrons. The molecule has 0 unspecified atom stereocenters. The van der Waals surface area contributed by atoms with Crippen molar-refractivity contribution in [2.45, 2.75) is 18.9 Å². The molecular weight excluding hydrogens is 370 g/mol. The van der Waals surface area contributed by atoms with Crippen molar-refractivity contribution in [3.8, 4) is 5.75 Å². The molecule has 1 aliphatic rings. The molecule has 8 heteroatoms. The number of hydrogen-bond donors (Lipinski definition) is 2. The van der Waals surface area contributed by atoms with E-state index < -0.39 is 23.4 Å². The predicted octanol–water partition coefficient (Wildman–Crippen LogP) is 2.61. The van der Waals surface area contributed by atoms with Crippen molar-refractivity contribution in [3.05, 3.63) is 65.2 Å². The SMILES string of the molecule is CC[C@@]1(c2ccccc2)NC(=O)N(NC(=O)COc2cccc(Cl)c2)C1=O. The molecule has 0 spiro atoms. The van der Waals surface area contributed by atoms with Gasteiger partial charge in [-0.3, -0.25) is 15.0 Å². The van der Waals surface area contributed by atoms with E-state index in [-0.39, 0.29) is 6.61 Å². The molecule has 0 bridgehead atoms. The lowest BCUT2D eigenvalue weighted by Gasteiger charge is -2.25. The van der Waals surface area contributed by atoms with Crippen molar-refractivity contribution in [3.63, 3.8) is 0 Å². The Labute approximate surface area is 161 Å². The molecule has 2 aromatic rings. The number of amides is 4. The first-order valence-corrected chi connectivity index (χ1v) is 8.74. The average Bonchev–Trinajstić information content (AvgIpc) is 2.92. The molecule has 140 valence electrons. The molecule has 1 saturated heterocycles. The Bertz CT molecular complexity index is 874. The maximum absolute atomic E-state index is 12.9. The molecule has 0 aromatic heterocycles. The lowest BCUT2D eigenvalue weighted by Crippen LogP contribution is -2.49. The fourth-order valence-electron chi connectivity index (χ4n) is 2.90. The zero-order chi connectivity index (χ0) is 19.4. The monoisotopic (exact) mass is 387 g/mol. The van der Waals surface area contributed by atoms with Gasteiger partial charge in [-0.05, 0) is 30.2 Å². The number of benzene rings is 2. The summed E-state index contributed by atoms with van der Waals surface area (Å²) in [6.45, 7) is 1.42. The van der Waals surface area contributed by atoms with Gasteiger partial charge >= 0.3 is 6.03 Å². The van der Waals surface area contributed by atoms with Crippen molar-refractivity contribution < 1.29 is 19.1 Å². The summed E-state index contributed by atoms with van der Waals surface area (Å²) >= 11 is 5.86. The van der Waals surface area contributed by atoms with Crippen LogP contribution in [0.15, 0.2) is 54.6 Å². The van der Waals surface area contributed by atoms with Gasteiger partial charge in [0.1, 0.15) is 11.3 Å². The summed E-state index contributed by atoms with van der Waals surface area (Å²) < 4.78 is 5.33. The van der Waals surface area contributed by atoms with E-state index in [1.165, 1.54) is 0 Å². The van der Waals surface area contributed by atoms with Gasteiger partial charge in [-0.1, -0.05) is 54.9 Å². The van der Waals surface area contributed by atoms with Gasteiger partial charge in [0, 0.05) is 5.02 Å². The van der Waals surface area contributed by atoms with Gasteiger partial charge in [0.2, 0.25) is 0 Å². The first-order chi connectivity index (χ1) is 13.0. The van der Waals surface area contributed by atoms with Crippen LogP contribution >= 0.6 is 11.6 Å². The van der Waals surface area contributed by atoms with E-state index in [4.69, 9.17) is 16.3 Å². The van der Waals surface area contributed by atoms with E-state index in [0.29, 0.717) is 27.8 Å². The van der Waals surface area contributed by atoms with Gasteiger partial charge in [-0.2, -0.15) is 5.01 Å². The van der Waals surface area contributed by atoms with Gasteiger partial charge in [0.25, 0.3) is 11.8 Å². The first kappa shape index (κ1) is 18.7. The minimum absolute atomic E-state index is 0.340. The Morgan fingerprint density at radius 1 is 1.19 bits per heavy atom. The molecule has 4 amide bonds. The molecule has 7 nitrogen and oxygen atoms in total. The van der Waals surface area contributed by atoms with Gasteiger partial charge in [0.05, 0.1) is 0 Å². The number of imide groups is 1. The molecule has 1 aliphatic heterocycles. The van der Waals surface area contributed by atoms with Gasteiger partial charge in [-0.25, -0.2) is 4.79 Å². The molecule has 2 aromatic carbocycles. The van der Waals surface area contributed by atoms with Gasteiger partial charge in [-0.15, -0.1) is 0 Å². The second-order valence-electron chi connectivity index (χ2n) is 5.98. The highest BCUT2D eigenvalue weighted by molar-refractivity contribution is 6.30. The summed E-state index contributed by atoms with van der Waals surface area (Å²) in [5.74, 6) is -0.780. The van der Waals surface area contributed by atoms with E-state index in [1.54, 1.807) is 55.5 Å². The Morgan fingerprint density at radius 3 is 2.59 bits per heavy atom. The summed E-state index contributed by atoms with van der Waals surface area (Å²) in [5.41, 5.74) is 1.74. The maximum Gasteiger partial charge on any atom is 0.344 e. The molecule has 1 fully saturated rings. The molecule has 3 rings (SSSR count). The summed E-state index contributed by atoms with van der Waals surface area (Å²) in [4.78, 5) is 37.3. The number of carbonyl (C=O) groups excluding carboxylic acids is 3. The van der Waals surface area contributed by atoms with Crippen LogP contribution in [0.3, 0.4) is 0 Å². The van der Waals surface area contributed by atoms with Crippen LogP contribution < -0.4 is 15.5 Å². The number of nitrogens with zero attached hydrogens (tertiary/aromatic N) is 1. The van der Waals surface area contributed by atoms with Crippen LogP contribution in [0.5, 0.6) is 5.75 Å². The van der Waals surface area contributed by atoms with E-state index in [1.807, 2.05) is 6.07 Å². The van der Waals surface area contributed by atoms with Crippen molar-refractivity contribution in [2.75, 3.05) is 6.61 Å². The standard InChI is InChI=1S/C19H18ClN3O4/c1-2-19(13-7-4-3-5-8-13)17(25)23(18(26)21-19)22-16(24)12-27-15-10-6-9-14(20)11-15/h3-11H,2,12H2,1H3,(H,21,26)(H,22,24)/t19-/m0/s1. The largest absolute Gasteiger partial charge is 0.484 e. The highest BCUT2D eigenvalue weighted by atomic mass is 35.5. The number of hydrogen-bond acceptors (Lipinski definition) is 4.